The molecule has 0 spiro atoms. The van der Waals surface area contributed by atoms with Gasteiger partial charge in [-0.1, -0.05) is 102 Å². The number of nitrogens with one attached hydrogen (secondary N) is 5. The molecule has 13 atom stereocenters. The lowest BCUT2D eigenvalue weighted by Gasteiger charge is -2.39. The summed E-state index contributed by atoms with van der Waals surface area (Å²) in [5.41, 5.74) is -0.905. The minimum Gasteiger partial charge on any atom is -0.480 e. The van der Waals surface area contributed by atoms with Crippen LogP contribution in [0.25, 0.3) is 0 Å². The molecule has 540 valence electrons. The molecule has 0 rings (SSSR count). The van der Waals surface area contributed by atoms with Crippen molar-refractivity contribution >= 4 is 71.1 Å². The minimum atomic E-state index is -1.64. The number of aliphatic carboxylic acids is 1. The summed E-state index contributed by atoms with van der Waals surface area (Å²) in [6.45, 7) is 33.6. The smallest absolute Gasteiger partial charge is 0.408 e. The van der Waals surface area contributed by atoms with Crippen molar-refractivity contribution in [3.05, 3.63) is 12.2 Å². The van der Waals surface area contributed by atoms with Crippen molar-refractivity contribution in [2.45, 2.75) is 255 Å². The Bertz CT molecular complexity index is 2570. The molecule has 8 N–H and O–H groups in total. The van der Waals surface area contributed by atoms with Gasteiger partial charge in [0, 0.05) is 42.3 Å². The molecule has 94 heavy (non-hydrogen) atoms. The molecule has 0 bridgehead atoms. The van der Waals surface area contributed by atoms with Gasteiger partial charge in [-0.3, -0.25) is 47.9 Å². The van der Waals surface area contributed by atoms with Gasteiger partial charge < -0.3 is 76.0 Å². The standard InChI is InChI=1S/C67H121N11O16/c1-27-28-29-42(14)55(81)54(65(91)92)78(26)64(90)53(41(12)13)77(25)62(88)47(31-37(4)5)71-59(85)50(34-40(10)11)75(23)60(86)44(16)69-56(82)43(15)68-57(83)49(33-39(8)9)76(24)61(87)46(30-36(2)3)70-58(84)48(32-38(6)7)74(22)51(80)35-73(21)63(89)52(45(17)79)72-66(93)94-67(18,19)20/h27-28,36-50,52-55,79,81H,29-35H2,1-26H3,(H,68,83)(H,69,82)(H,70,84)(H,71,85)(H,72,93)(H,91,92)/t42-,43+,44-,45-,46+,47+,48+,49+,50+,52+,53+,54+,55-/m1/s1. The van der Waals surface area contributed by atoms with Crippen molar-refractivity contribution < 1.29 is 77.6 Å². The third-order valence-corrected chi connectivity index (χ3v) is 16.1. The van der Waals surface area contributed by atoms with E-state index >= 15 is 0 Å². The van der Waals surface area contributed by atoms with Crippen molar-refractivity contribution in [2.24, 2.45) is 41.4 Å². The second-order valence-corrected chi connectivity index (χ2v) is 28.9. The Hall–Kier alpha value is -6.90. The van der Waals surface area contributed by atoms with E-state index in [4.69, 9.17) is 4.74 Å². The quantitative estimate of drug-likeness (QED) is 0.0408. The largest absolute Gasteiger partial charge is 0.480 e. The fourth-order valence-electron chi connectivity index (χ4n) is 10.8. The number of rotatable bonds is 38. The lowest BCUT2D eigenvalue weighted by Crippen LogP contribution is -2.61. The summed E-state index contributed by atoms with van der Waals surface area (Å²) in [6.07, 6.45) is 0.736. The third-order valence-electron chi connectivity index (χ3n) is 16.1. The van der Waals surface area contributed by atoms with E-state index in [1.807, 2.05) is 69.2 Å². The number of nitrogens with zero attached hydrogens (tertiary/aromatic N) is 6. The highest BCUT2D eigenvalue weighted by Gasteiger charge is 2.44. The van der Waals surface area contributed by atoms with Gasteiger partial charge in [-0.05, 0) is 128 Å². The van der Waals surface area contributed by atoms with Crippen molar-refractivity contribution in [1.29, 1.82) is 0 Å². The Balaban J connectivity index is 6.72. The molecule has 27 heteroatoms. The van der Waals surface area contributed by atoms with Crippen molar-refractivity contribution in [1.82, 2.24) is 56.0 Å². The number of amides is 11. The van der Waals surface area contributed by atoms with Crippen molar-refractivity contribution in [3.8, 4) is 0 Å². The fraction of sp³-hybridized carbons (Fsp3) is 0.791. The number of allylic oxidation sites excluding steroid dienone is 2. The Labute approximate surface area is 560 Å². The summed E-state index contributed by atoms with van der Waals surface area (Å²) in [5, 5.41) is 45.2. The Kier molecular flexibility index (Phi) is 36.9. The molecule has 0 aromatic heterocycles. The summed E-state index contributed by atoms with van der Waals surface area (Å²) in [4.78, 5) is 174. The molecular formula is C67H121N11O16. The molecule has 0 aliphatic carbocycles. The van der Waals surface area contributed by atoms with E-state index in [1.54, 1.807) is 60.6 Å². The Morgan fingerprint density at radius 2 is 0.840 bits per heavy atom. The molecule has 27 nitrogen and oxygen atoms in total. The van der Waals surface area contributed by atoms with E-state index in [0.717, 1.165) is 9.80 Å². The fourth-order valence-corrected chi connectivity index (χ4v) is 10.8. The maximum atomic E-state index is 14.7. The lowest BCUT2D eigenvalue weighted by molar-refractivity contribution is -0.160. The number of carboxylic acid groups (broad SMARTS) is 1. The van der Waals surface area contributed by atoms with E-state index < -0.39 is 168 Å². The van der Waals surface area contributed by atoms with Crippen LogP contribution in [0.4, 0.5) is 4.79 Å². The predicted octanol–water partition coefficient (Wildman–Crippen LogP) is 3.77. The molecule has 0 saturated heterocycles. The second kappa shape index (κ2) is 39.8. The zero-order chi connectivity index (χ0) is 73.5. The van der Waals surface area contributed by atoms with Crippen LogP contribution in [0.5, 0.6) is 0 Å². The number of carboxylic acids is 1. The van der Waals surface area contributed by atoms with Crippen LogP contribution in [0.3, 0.4) is 0 Å². The molecule has 0 aromatic carbocycles. The van der Waals surface area contributed by atoms with Gasteiger partial charge in [0.25, 0.3) is 0 Å². The summed E-state index contributed by atoms with van der Waals surface area (Å²) in [7, 11) is 8.15. The van der Waals surface area contributed by atoms with Gasteiger partial charge in [0.2, 0.25) is 59.1 Å². The summed E-state index contributed by atoms with van der Waals surface area (Å²) < 4.78 is 5.25. The van der Waals surface area contributed by atoms with Crippen molar-refractivity contribution in [2.75, 3.05) is 48.8 Å². The predicted molar refractivity (Wildman–Crippen MR) is 359 cm³/mol. The molecule has 0 saturated carbocycles. The van der Waals surface area contributed by atoms with Crippen LogP contribution in [0, 0.1) is 41.4 Å². The molecule has 0 unspecified atom stereocenters. The van der Waals surface area contributed by atoms with Crippen LogP contribution in [0.1, 0.15) is 177 Å². The van der Waals surface area contributed by atoms with Crippen LogP contribution in [-0.4, -0.2) is 243 Å². The maximum absolute atomic E-state index is 14.7. The summed E-state index contributed by atoms with van der Waals surface area (Å²) in [5.74, 6) is -10.4. The Morgan fingerprint density at radius 1 is 0.457 bits per heavy atom. The minimum absolute atomic E-state index is 0.113. The van der Waals surface area contributed by atoms with Crippen LogP contribution in [0.15, 0.2) is 12.2 Å². The topological polar surface area (TPSA) is 354 Å². The third kappa shape index (κ3) is 28.2. The first-order chi connectivity index (χ1) is 43.1. The summed E-state index contributed by atoms with van der Waals surface area (Å²) in [6, 6.07) is -12.8. The summed E-state index contributed by atoms with van der Waals surface area (Å²) >= 11 is 0. The number of carbonyl (C=O) groups is 12. The molecule has 0 aromatic rings. The van der Waals surface area contributed by atoms with Crippen LogP contribution < -0.4 is 26.6 Å². The SMILES string of the molecule is CC=CC[C@@H](C)[C@@H](O)[C@@H](C(=O)O)N(C)C(=O)[C@H](C(C)C)N(C)C(=O)[C@H](CC(C)C)NC(=O)[C@H](CC(C)C)N(C)C(=O)[C@@H](C)NC(=O)[C@H](C)NC(=O)[C@H](CC(C)C)N(C)C(=O)[C@H](CC(C)C)NC(=O)[C@H](CC(C)C)N(C)C(=O)CN(C)C(=O)[C@@H](NC(=O)OC(C)(C)C)[C@@H](C)O. The molecule has 0 heterocycles. The van der Waals surface area contributed by atoms with Gasteiger partial charge in [-0.2, -0.15) is 0 Å². The lowest BCUT2D eigenvalue weighted by atomic mass is 9.92. The van der Waals surface area contributed by atoms with E-state index in [9.17, 15) is 72.9 Å². The van der Waals surface area contributed by atoms with Gasteiger partial charge in [0.15, 0.2) is 6.04 Å². The monoisotopic (exact) mass is 1340 g/mol. The molecular weight excluding hydrogens is 1210 g/mol. The average Bonchev–Trinajstić information content (AvgIpc) is 0.820. The van der Waals surface area contributed by atoms with Gasteiger partial charge >= 0.3 is 12.1 Å². The van der Waals surface area contributed by atoms with Crippen LogP contribution in [-0.2, 0) is 57.5 Å². The number of aliphatic hydroxyl groups is 2. The first-order valence-electron chi connectivity index (χ1n) is 33.0. The van der Waals surface area contributed by atoms with Crippen LogP contribution >= 0.6 is 0 Å². The number of carbonyl (C=O) groups excluding carboxylic acids is 11. The first-order valence-corrected chi connectivity index (χ1v) is 33.0. The highest BCUT2D eigenvalue weighted by molar-refractivity contribution is 5.99. The van der Waals surface area contributed by atoms with Gasteiger partial charge in [-0.25, -0.2) is 9.59 Å². The number of aliphatic hydroxyl groups excluding tert-OH is 2. The molecule has 0 fully saturated rings. The Morgan fingerprint density at radius 3 is 1.22 bits per heavy atom. The molecule has 0 radical (unpaired) electrons. The van der Waals surface area contributed by atoms with Gasteiger partial charge in [-0.15, -0.1) is 0 Å². The second-order valence-electron chi connectivity index (χ2n) is 28.9. The molecule has 0 aliphatic rings. The maximum Gasteiger partial charge on any atom is 0.408 e. The highest BCUT2D eigenvalue weighted by Crippen LogP contribution is 2.24. The number of hydrogen-bond acceptors (Lipinski definition) is 15. The van der Waals surface area contributed by atoms with Crippen molar-refractivity contribution in [3.63, 3.8) is 0 Å². The van der Waals surface area contributed by atoms with Gasteiger partial charge in [0.1, 0.15) is 60.0 Å². The van der Waals surface area contributed by atoms with Gasteiger partial charge in [0.05, 0.1) is 18.8 Å². The highest BCUT2D eigenvalue weighted by atomic mass is 16.6. The van der Waals surface area contributed by atoms with E-state index in [-0.39, 0.29) is 61.7 Å². The number of hydrogen-bond donors (Lipinski definition) is 8. The number of alkyl carbamates (subject to hydrolysis) is 1. The normalized spacial score (nSPS) is 16.1. The van der Waals surface area contributed by atoms with E-state index in [0.29, 0.717) is 6.42 Å². The van der Waals surface area contributed by atoms with E-state index in [1.165, 1.54) is 82.7 Å². The zero-order valence-electron chi connectivity index (χ0n) is 61.4. The molecule has 0 aliphatic heterocycles. The van der Waals surface area contributed by atoms with E-state index in [2.05, 4.69) is 26.6 Å². The number of likely N-dealkylation sites (N-methyl/N-ethyl adjacent to an activating group) is 6. The number of ether oxygens (including phenoxy) is 1. The van der Waals surface area contributed by atoms with Crippen LogP contribution in [0.2, 0.25) is 0 Å². The first kappa shape index (κ1) is 87.1. The average molecular weight is 1340 g/mol. The molecule has 11 amide bonds. The zero-order valence-corrected chi connectivity index (χ0v) is 61.4.